The van der Waals surface area contributed by atoms with Gasteiger partial charge in [-0.05, 0) is 85.7 Å². The van der Waals surface area contributed by atoms with Crippen LogP contribution in [0, 0.1) is 12.7 Å². The van der Waals surface area contributed by atoms with E-state index in [9.17, 15) is 12.8 Å². The highest BCUT2D eigenvalue weighted by Gasteiger charge is 2.41. The Labute approximate surface area is 240 Å². The smallest absolute Gasteiger partial charge is 0.246 e. The minimum Gasteiger partial charge on any atom is -0.271 e. The summed E-state index contributed by atoms with van der Waals surface area (Å²) in [5.74, 6) is -0.283. The summed E-state index contributed by atoms with van der Waals surface area (Å²) in [6, 6.07) is 21.1. The van der Waals surface area contributed by atoms with E-state index in [1.54, 1.807) is 27.3 Å². The molecule has 0 unspecified atom stereocenters. The highest BCUT2D eigenvalue weighted by Crippen LogP contribution is 2.42. The second kappa shape index (κ2) is 10.9. The summed E-state index contributed by atoms with van der Waals surface area (Å²) >= 11 is 0. The zero-order valence-corrected chi connectivity index (χ0v) is 24.2. The molecule has 0 bridgehead atoms. The number of nitrogens with zero attached hydrogens (tertiary/aromatic N) is 5. The third-order valence-corrected chi connectivity index (χ3v) is 10.2. The minimum atomic E-state index is -3.63. The number of piperidine rings is 1. The molecule has 5 aromatic rings. The van der Waals surface area contributed by atoms with Gasteiger partial charge in [0.25, 0.3) is 0 Å². The molecule has 3 aromatic carbocycles. The summed E-state index contributed by atoms with van der Waals surface area (Å²) in [7, 11) is -3.63. The molecule has 0 atom stereocenters. The molecule has 41 heavy (non-hydrogen) atoms. The van der Waals surface area contributed by atoms with Gasteiger partial charge in [-0.2, -0.15) is 14.5 Å². The number of sulfonamides is 1. The van der Waals surface area contributed by atoms with E-state index in [1.807, 2.05) is 23.9 Å². The normalized spacial score (nSPS) is 15.9. The van der Waals surface area contributed by atoms with E-state index >= 15 is 0 Å². The molecule has 7 nitrogen and oxygen atoms in total. The van der Waals surface area contributed by atoms with Gasteiger partial charge in [-0.1, -0.05) is 37.3 Å². The summed E-state index contributed by atoms with van der Waals surface area (Å²) in [5, 5.41) is 9.87. The second-order valence-corrected chi connectivity index (χ2v) is 13.0. The highest BCUT2D eigenvalue weighted by molar-refractivity contribution is 7.89. The maximum Gasteiger partial charge on any atom is 0.246 e. The van der Waals surface area contributed by atoms with Crippen molar-refractivity contribution in [3.63, 3.8) is 0 Å². The molecule has 1 aliphatic heterocycles. The molecule has 0 radical (unpaired) electrons. The number of aromatic nitrogens is 4. The molecular formula is C32H34FN5O2S. The van der Waals surface area contributed by atoms with Crippen LogP contribution < -0.4 is 0 Å². The lowest BCUT2D eigenvalue weighted by Gasteiger charge is -2.42. The van der Waals surface area contributed by atoms with Crippen LogP contribution in [0.15, 0.2) is 90.2 Å². The highest BCUT2D eigenvalue weighted by atomic mass is 32.2. The lowest BCUT2D eigenvalue weighted by molar-refractivity contribution is 0.230. The van der Waals surface area contributed by atoms with Gasteiger partial charge >= 0.3 is 0 Å². The van der Waals surface area contributed by atoms with Gasteiger partial charge in [-0.25, -0.2) is 17.5 Å². The van der Waals surface area contributed by atoms with Crippen LogP contribution >= 0.6 is 0 Å². The molecule has 1 aliphatic rings. The first kappa shape index (κ1) is 27.4. The Kier molecular flexibility index (Phi) is 7.25. The lowest BCUT2D eigenvalue weighted by Crippen LogP contribution is -2.46. The Morgan fingerprint density at radius 1 is 0.951 bits per heavy atom. The monoisotopic (exact) mass is 571 g/mol. The zero-order valence-electron chi connectivity index (χ0n) is 23.4. The number of hydrogen-bond donors (Lipinski definition) is 0. The fraction of sp³-hybridized carbons (Fsp3) is 0.312. The third kappa shape index (κ3) is 5.20. The van der Waals surface area contributed by atoms with Crippen molar-refractivity contribution in [2.75, 3.05) is 13.1 Å². The fourth-order valence-electron chi connectivity index (χ4n) is 6.20. The van der Waals surface area contributed by atoms with Crippen molar-refractivity contribution in [2.45, 2.75) is 56.4 Å². The van der Waals surface area contributed by atoms with Crippen molar-refractivity contribution in [1.29, 1.82) is 0 Å². The van der Waals surface area contributed by atoms with E-state index in [-0.39, 0.29) is 16.1 Å². The van der Waals surface area contributed by atoms with E-state index in [4.69, 9.17) is 0 Å². The number of fused-ring (bicyclic) bond motifs is 1. The molecule has 0 aliphatic carbocycles. The SMILES string of the molecule is CCCn1cc(S(=O)(=O)N2CCC(Cc3ccccc3)(c3cc4cnn(-c5ccc(F)cc5)c4cc3C)CC2)cn1. The van der Waals surface area contributed by atoms with Gasteiger partial charge < -0.3 is 0 Å². The van der Waals surface area contributed by atoms with Crippen LogP contribution in [0.2, 0.25) is 0 Å². The first-order valence-electron chi connectivity index (χ1n) is 14.1. The standard InChI is InChI=1S/C32H34FN5O2S/c1-3-15-36-23-29(22-34-36)41(39,40)37-16-13-32(14-17-37,20-25-7-5-4-6-8-25)30-19-26-21-35-38(31(26)18-24(30)2)28-11-9-27(33)10-12-28/h4-12,18-19,21-23H,3,13-17,20H2,1-2H3. The van der Waals surface area contributed by atoms with Crippen molar-refractivity contribution in [2.24, 2.45) is 0 Å². The van der Waals surface area contributed by atoms with E-state index < -0.39 is 10.0 Å². The summed E-state index contributed by atoms with van der Waals surface area (Å²) in [6.07, 6.45) is 8.06. The van der Waals surface area contributed by atoms with Crippen molar-refractivity contribution >= 4 is 20.9 Å². The summed E-state index contributed by atoms with van der Waals surface area (Å²) < 4.78 is 45.8. The molecule has 3 heterocycles. The van der Waals surface area contributed by atoms with Crippen molar-refractivity contribution in [3.05, 3.63) is 108 Å². The molecule has 0 saturated carbocycles. The third-order valence-electron chi connectivity index (χ3n) is 8.32. The number of rotatable bonds is 8. The number of benzene rings is 3. The van der Waals surface area contributed by atoms with Gasteiger partial charge in [-0.15, -0.1) is 0 Å². The maximum atomic E-state index is 13.5. The summed E-state index contributed by atoms with van der Waals surface area (Å²) in [5.41, 5.74) is 5.10. The van der Waals surface area contributed by atoms with Crippen LogP contribution in [0.1, 0.15) is 42.9 Å². The maximum absolute atomic E-state index is 13.5. The molecule has 0 spiro atoms. The first-order valence-corrected chi connectivity index (χ1v) is 15.5. The van der Waals surface area contributed by atoms with Crippen LogP contribution in [0.5, 0.6) is 0 Å². The van der Waals surface area contributed by atoms with Gasteiger partial charge in [-0.3, -0.25) is 4.68 Å². The number of halogens is 1. The largest absolute Gasteiger partial charge is 0.271 e. The van der Waals surface area contributed by atoms with E-state index in [0.717, 1.165) is 35.0 Å². The lowest BCUT2D eigenvalue weighted by atomic mass is 9.68. The van der Waals surface area contributed by atoms with Gasteiger partial charge in [0.15, 0.2) is 0 Å². The van der Waals surface area contributed by atoms with Gasteiger partial charge in [0, 0.05) is 36.6 Å². The summed E-state index contributed by atoms with van der Waals surface area (Å²) in [4.78, 5) is 0.257. The predicted octanol–water partition coefficient (Wildman–Crippen LogP) is 6.04. The molecule has 0 N–H and O–H groups in total. The molecule has 6 rings (SSSR count). The average molecular weight is 572 g/mol. The van der Waals surface area contributed by atoms with Crippen molar-refractivity contribution < 1.29 is 12.8 Å². The van der Waals surface area contributed by atoms with Crippen LogP contribution in [-0.4, -0.2) is 45.4 Å². The Morgan fingerprint density at radius 2 is 1.68 bits per heavy atom. The average Bonchev–Trinajstić information content (AvgIpc) is 3.62. The van der Waals surface area contributed by atoms with Gasteiger partial charge in [0.05, 0.1) is 23.6 Å². The van der Waals surface area contributed by atoms with Crippen molar-refractivity contribution in [3.8, 4) is 5.69 Å². The number of hydrogen-bond acceptors (Lipinski definition) is 4. The Balaban J connectivity index is 1.35. The molecule has 1 saturated heterocycles. The first-order chi connectivity index (χ1) is 19.8. The molecule has 0 amide bonds. The van der Waals surface area contributed by atoms with E-state index in [0.29, 0.717) is 32.5 Å². The van der Waals surface area contributed by atoms with Crippen LogP contribution in [-0.2, 0) is 28.4 Å². The van der Waals surface area contributed by atoms with E-state index in [2.05, 4.69) is 53.5 Å². The van der Waals surface area contributed by atoms with Gasteiger partial charge in [0.1, 0.15) is 10.7 Å². The van der Waals surface area contributed by atoms with Crippen LogP contribution in [0.25, 0.3) is 16.6 Å². The molecule has 212 valence electrons. The number of aryl methyl sites for hydroxylation is 2. The molecule has 1 fully saturated rings. The topological polar surface area (TPSA) is 73.0 Å². The van der Waals surface area contributed by atoms with Crippen molar-refractivity contribution in [1.82, 2.24) is 23.9 Å². The predicted molar refractivity (Wildman–Crippen MR) is 158 cm³/mol. The van der Waals surface area contributed by atoms with Crippen LogP contribution in [0.3, 0.4) is 0 Å². The minimum absolute atomic E-state index is 0.240. The summed E-state index contributed by atoms with van der Waals surface area (Å²) in [6.45, 7) is 5.71. The Morgan fingerprint density at radius 3 is 2.39 bits per heavy atom. The Bertz CT molecular complexity index is 1770. The second-order valence-electron chi connectivity index (χ2n) is 11.0. The molecule has 2 aromatic heterocycles. The van der Waals surface area contributed by atoms with Crippen LogP contribution in [0.4, 0.5) is 4.39 Å². The van der Waals surface area contributed by atoms with E-state index in [1.165, 1.54) is 29.5 Å². The Hall–Kier alpha value is -3.82. The quantitative estimate of drug-likeness (QED) is 0.228. The van der Waals surface area contributed by atoms with Gasteiger partial charge in [0.2, 0.25) is 10.0 Å². The zero-order chi connectivity index (χ0) is 28.6. The fourth-order valence-corrected chi connectivity index (χ4v) is 7.60. The molecular weight excluding hydrogens is 537 g/mol. The molecule has 9 heteroatoms.